The molecule has 4 heteroatoms. The minimum Gasteiger partial charge on any atom is -0.481 e. The van der Waals surface area contributed by atoms with Gasteiger partial charge < -0.3 is 10.4 Å². The fourth-order valence-electron chi connectivity index (χ4n) is 1.98. The summed E-state index contributed by atoms with van der Waals surface area (Å²) in [5.41, 5.74) is -0.676. The van der Waals surface area contributed by atoms with Crippen LogP contribution in [0.5, 0.6) is 0 Å². The van der Waals surface area contributed by atoms with Crippen LogP contribution in [-0.2, 0) is 4.79 Å². The normalized spacial score (nSPS) is 19.9. The van der Waals surface area contributed by atoms with Crippen molar-refractivity contribution in [3.8, 4) is 0 Å². The fourth-order valence-corrected chi connectivity index (χ4v) is 1.98. The molecule has 0 aromatic rings. The van der Waals surface area contributed by atoms with Gasteiger partial charge in [-0.15, -0.1) is 0 Å². The highest BCUT2D eigenvalue weighted by molar-refractivity contribution is 5.73. The largest absolute Gasteiger partial charge is 0.481 e. The van der Waals surface area contributed by atoms with Crippen molar-refractivity contribution in [1.82, 2.24) is 10.2 Å². The molecule has 1 saturated heterocycles. The molecule has 0 aliphatic carbocycles. The number of carboxylic acid groups (broad SMARTS) is 1. The van der Waals surface area contributed by atoms with E-state index in [1.165, 1.54) is 25.9 Å². The first-order valence-corrected chi connectivity index (χ1v) is 6.11. The molecule has 0 aromatic heterocycles. The van der Waals surface area contributed by atoms with Crippen molar-refractivity contribution in [1.29, 1.82) is 0 Å². The second-order valence-electron chi connectivity index (χ2n) is 5.41. The molecule has 1 rings (SSSR count). The van der Waals surface area contributed by atoms with Crippen LogP contribution < -0.4 is 5.32 Å². The van der Waals surface area contributed by atoms with Crippen LogP contribution >= 0.6 is 0 Å². The first-order chi connectivity index (χ1) is 7.43. The lowest BCUT2D eigenvalue weighted by atomic mass is 9.94. The third-order valence-electron chi connectivity index (χ3n) is 3.35. The highest BCUT2D eigenvalue weighted by Crippen LogP contribution is 2.14. The van der Waals surface area contributed by atoms with Crippen molar-refractivity contribution in [2.45, 2.75) is 39.7 Å². The SMILES string of the molecule is CC(CNCC(C)(C)C(=O)O)N1CCCC1. The van der Waals surface area contributed by atoms with E-state index in [-0.39, 0.29) is 0 Å². The van der Waals surface area contributed by atoms with E-state index in [0.29, 0.717) is 12.6 Å². The summed E-state index contributed by atoms with van der Waals surface area (Å²) in [5, 5.41) is 12.2. The zero-order valence-corrected chi connectivity index (χ0v) is 10.6. The number of carbonyl (C=O) groups is 1. The summed E-state index contributed by atoms with van der Waals surface area (Å²) in [4.78, 5) is 13.4. The summed E-state index contributed by atoms with van der Waals surface area (Å²) < 4.78 is 0. The van der Waals surface area contributed by atoms with Gasteiger partial charge in [-0.05, 0) is 46.7 Å². The third-order valence-corrected chi connectivity index (χ3v) is 3.35. The van der Waals surface area contributed by atoms with Crippen molar-refractivity contribution in [3.05, 3.63) is 0 Å². The van der Waals surface area contributed by atoms with Gasteiger partial charge in [0.1, 0.15) is 0 Å². The molecule has 0 bridgehead atoms. The van der Waals surface area contributed by atoms with Crippen LogP contribution in [0.3, 0.4) is 0 Å². The lowest BCUT2D eigenvalue weighted by Crippen LogP contribution is -2.43. The lowest BCUT2D eigenvalue weighted by molar-refractivity contribution is -0.146. The third kappa shape index (κ3) is 3.76. The predicted molar refractivity (Wildman–Crippen MR) is 64.6 cm³/mol. The topological polar surface area (TPSA) is 52.6 Å². The Morgan fingerprint density at radius 2 is 2.00 bits per heavy atom. The molecule has 0 aromatic carbocycles. The average Bonchev–Trinajstić information content (AvgIpc) is 2.69. The van der Waals surface area contributed by atoms with Gasteiger partial charge in [0, 0.05) is 19.1 Å². The molecule has 0 spiro atoms. The molecule has 1 unspecified atom stereocenters. The smallest absolute Gasteiger partial charge is 0.310 e. The zero-order valence-electron chi connectivity index (χ0n) is 10.6. The molecule has 1 aliphatic rings. The molecule has 1 atom stereocenters. The number of carboxylic acids is 1. The van der Waals surface area contributed by atoms with Crippen molar-refractivity contribution in [2.24, 2.45) is 5.41 Å². The van der Waals surface area contributed by atoms with Crippen LogP contribution in [0.25, 0.3) is 0 Å². The van der Waals surface area contributed by atoms with Crippen LogP contribution in [0, 0.1) is 5.41 Å². The standard InChI is InChI=1S/C12H24N2O2/c1-10(14-6-4-5-7-14)8-13-9-12(2,3)11(15)16/h10,13H,4-9H2,1-3H3,(H,15,16). The maximum Gasteiger partial charge on any atom is 0.310 e. The van der Waals surface area contributed by atoms with Gasteiger partial charge >= 0.3 is 5.97 Å². The number of likely N-dealkylation sites (tertiary alicyclic amines) is 1. The van der Waals surface area contributed by atoms with Gasteiger partial charge in [-0.2, -0.15) is 0 Å². The molecule has 16 heavy (non-hydrogen) atoms. The highest BCUT2D eigenvalue weighted by Gasteiger charge is 2.27. The van der Waals surface area contributed by atoms with Crippen molar-refractivity contribution >= 4 is 5.97 Å². The summed E-state index contributed by atoms with van der Waals surface area (Å²) in [5.74, 6) is -0.742. The maximum atomic E-state index is 10.9. The van der Waals surface area contributed by atoms with Crippen LogP contribution in [-0.4, -0.2) is 48.2 Å². The molecular formula is C12H24N2O2. The second kappa shape index (κ2) is 5.64. The molecule has 0 saturated carbocycles. The Bertz CT molecular complexity index is 235. The predicted octanol–water partition coefficient (Wildman–Crippen LogP) is 1.17. The van der Waals surface area contributed by atoms with Crippen molar-refractivity contribution in [3.63, 3.8) is 0 Å². The molecule has 0 radical (unpaired) electrons. The van der Waals surface area contributed by atoms with Crippen LogP contribution in [0.2, 0.25) is 0 Å². The summed E-state index contributed by atoms with van der Waals surface area (Å²) in [7, 11) is 0. The number of hydrogen-bond acceptors (Lipinski definition) is 3. The van der Waals surface area contributed by atoms with Gasteiger partial charge in [0.05, 0.1) is 5.41 Å². The van der Waals surface area contributed by atoms with Gasteiger partial charge in [0.2, 0.25) is 0 Å². The van der Waals surface area contributed by atoms with E-state index in [4.69, 9.17) is 5.11 Å². The van der Waals surface area contributed by atoms with Gasteiger partial charge in [-0.3, -0.25) is 9.69 Å². The summed E-state index contributed by atoms with van der Waals surface area (Å²) >= 11 is 0. The number of nitrogens with zero attached hydrogens (tertiary/aromatic N) is 1. The first-order valence-electron chi connectivity index (χ1n) is 6.11. The Morgan fingerprint density at radius 1 is 1.44 bits per heavy atom. The molecule has 94 valence electrons. The Kier molecular flexibility index (Phi) is 4.74. The molecular weight excluding hydrogens is 204 g/mol. The maximum absolute atomic E-state index is 10.9. The van der Waals surface area contributed by atoms with E-state index in [9.17, 15) is 4.79 Å². The Morgan fingerprint density at radius 3 is 2.50 bits per heavy atom. The molecule has 0 amide bonds. The van der Waals surface area contributed by atoms with E-state index < -0.39 is 11.4 Å². The molecule has 1 heterocycles. The summed E-state index contributed by atoms with van der Waals surface area (Å²) in [6, 6.07) is 0.507. The minimum absolute atomic E-state index is 0.507. The van der Waals surface area contributed by atoms with Gasteiger partial charge in [-0.25, -0.2) is 0 Å². The Labute approximate surface area is 98.0 Å². The second-order valence-corrected chi connectivity index (χ2v) is 5.41. The van der Waals surface area contributed by atoms with Crippen LogP contribution in [0.15, 0.2) is 0 Å². The van der Waals surface area contributed by atoms with Crippen molar-refractivity contribution < 1.29 is 9.90 Å². The quantitative estimate of drug-likeness (QED) is 0.716. The summed E-state index contributed by atoms with van der Waals surface area (Å²) in [6.07, 6.45) is 2.59. The van der Waals surface area contributed by atoms with Gasteiger partial charge in [0.25, 0.3) is 0 Å². The number of rotatable bonds is 6. The highest BCUT2D eigenvalue weighted by atomic mass is 16.4. The molecule has 1 aliphatic heterocycles. The Balaban J connectivity index is 2.21. The fraction of sp³-hybridized carbons (Fsp3) is 0.917. The molecule has 2 N–H and O–H groups in total. The lowest BCUT2D eigenvalue weighted by Gasteiger charge is -2.26. The van der Waals surface area contributed by atoms with Gasteiger partial charge in [0.15, 0.2) is 0 Å². The number of nitrogens with one attached hydrogen (secondary N) is 1. The monoisotopic (exact) mass is 228 g/mol. The van der Waals surface area contributed by atoms with E-state index in [0.717, 1.165) is 6.54 Å². The number of hydrogen-bond donors (Lipinski definition) is 2. The van der Waals surface area contributed by atoms with Gasteiger partial charge in [-0.1, -0.05) is 0 Å². The van der Waals surface area contributed by atoms with E-state index in [1.54, 1.807) is 13.8 Å². The van der Waals surface area contributed by atoms with E-state index in [1.807, 2.05) is 0 Å². The molecule has 1 fully saturated rings. The Hall–Kier alpha value is -0.610. The average molecular weight is 228 g/mol. The first kappa shape index (κ1) is 13.5. The zero-order chi connectivity index (χ0) is 12.2. The number of aliphatic carboxylic acids is 1. The minimum atomic E-state index is -0.742. The van der Waals surface area contributed by atoms with E-state index >= 15 is 0 Å². The molecule has 4 nitrogen and oxygen atoms in total. The summed E-state index contributed by atoms with van der Waals surface area (Å²) in [6.45, 7) is 9.48. The van der Waals surface area contributed by atoms with Crippen LogP contribution in [0.4, 0.5) is 0 Å². The van der Waals surface area contributed by atoms with Crippen LogP contribution in [0.1, 0.15) is 33.6 Å². The van der Waals surface area contributed by atoms with Crippen molar-refractivity contribution in [2.75, 3.05) is 26.2 Å². The van der Waals surface area contributed by atoms with E-state index in [2.05, 4.69) is 17.1 Å².